The fraction of sp³-hybridized carbons (Fsp3) is 0.143. The van der Waals surface area contributed by atoms with Gasteiger partial charge in [-0.3, -0.25) is 0 Å². The number of halogens is 1. The lowest BCUT2D eigenvalue weighted by Gasteiger charge is -2.08. The highest BCUT2D eigenvalue weighted by Crippen LogP contribution is 2.26. The van der Waals surface area contributed by atoms with Crippen LogP contribution >= 0.6 is 0 Å². The Balaban J connectivity index is 2.11. The number of hydrogen-bond acceptors (Lipinski definition) is 3. The third-order valence-electron chi connectivity index (χ3n) is 2.54. The molecule has 0 saturated carbocycles. The van der Waals surface area contributed by atoms with Gasteiger partial charge in [0.15, 0.2) is 11.6 Å². The summed E-state index contributed by atoms with van der Waals surface area (Å²) in [6.45, 7) is 2.21. The largest absolute Gasteiger partial charge is 0.491 e. The molecule has 2 aromatic rings. The van der Waals surface area contributed by atoms with Gasteiger partial charge in [0.1, 0.15) is 11.5 Å². The molecule has 0 aliphatic carbocycles. The van der Waals surface area contributed by atoms with Gasteiger partial charge in [-0.2, -0.15) is 0 Å². The van der Waals surface area contributed by atoms with Gasteiger partial charge in [0.05, 0.1) is 6.61 Å². The zero-order valence-corrected chi connectivity index (χ0v) is 10.6. The average molecular weight is 260 g/mol. The first-order valence-electron chi connectivity index (χ1n) is 6.03. The maximum Gasteiger partial charge on any atom is 0.304 e. The lowest BCUT2D eigenvalue weighted by atomic mass is 9.89. The minimum absolute atomic E-state index is 0.0159. The molecule has 0 aromatic heterocycles. The van der Waals surface area contributed by atoms with Gasteiger partial charge < -0.3 is 14.5 Å². The first kappa shape index (κ1) is 13.4. The molecule has 0 bridgehead atoms. The number of rotatable bonds is 5. The standard InChI is InChI=1S/C14H14BFO3/c1-2-18-14-8-7-12(9-13(14)16)19-11-5-3-10(15-17)4-6-11/h3-9,15,17H,2H2,1H3. The predicted octanol–water partition coefficient (Wildman–Crippen LogP) is 1.99. The highest BCUT2D eigenvalue weighted by Gasteiger charge is 2.06. The minimum Gasteiger partial charge on any atom is -0.491 e. The molecule has 0 heterocycles. The Bertz CT molecular complexity index is 543. The van der Waals surface area contributed by atoms with Crippen LogP contribution in [0.15, 0.2) is 42.5 Å². The highest BCUT2D eigenvalue weighted by atomic mass is 19.1. The SMILES string of the molecule is CCOc1ccc(Oc2ccc(BO)cc2)cc1F. The molecule has 0 unspecified atom stereocenters. The Kier molecular flexibility index (Phi) is 4.41. The molecule has 98 valence electrons. The summed E-state index contributed by atoms with van der Waals surface area (Å²) in [5.74, 6) is 0.746. The van der Waals surface area contributed by atoms with Crippen molar-refractivity contribution in [1.82, 2.24) is 0 Å². The molecule has 0 radical (unpaired) electrons. The van der Waals surface area contributed by atoms with Gasteiger partial charge in [0, 0.05) is 6.07 Å². The van der Waals surface area contributed by atoms with E-state index in [2.05, 4.69) is 0 Å². The van der Waals surface area contributed by atoms with Crippen LogP contribution in [0.1, 0.15) is 6.92 Å². The molecule has 0 aliphatic heterocycles. The summed E-state index contributed by atoms with van der Waals surface area (Å²) in [6.07, 6.45) is 0. The molecular weight excluding hydrogens is 246 g/mol. The quantitative estimate of drug-likeness (QED) is 0.835. The smallest absolute Gasteiger partial charge is 0.304 e. The third-order valence-corrected chi connectivity index (χ3v) is 2.54. The van der Waals surface area contributed by atoms with Crippen molar-refractivity contribution in [3.8, 4) is 17.2 Å². The lowest BCUT2D eigenvalue weighted by molar-refractivity contribution is 0.320. The molecule has 0 atom stereocenters. The number of benzene rings is 2. The summed E-state index contributed by atoms with van der Waals surface area (Å²) in [5, 5.41) is 8.93. The van der Waals surface area contributed by atoms with E-state index in [1.54, 1.807) is 37.3 Å². The van der Waals surface area contributed by atoms with Crippen molar-refractivity contribution in [2.45, 2.75) is 6.92 Å². The maximum absolute atomic E-state index is 13.6. The molecule has 3 nitrogen and oxygen atoms in total. The van der Waals surface area contributed by atoms with E-state index in [0.29, 0.717) is 18.1 Å². The van der Waals surface area contributed by atoms with Crippen LogP contribution in [0.2, 0.25) is 0 Å². The first-order chi connectivity index (χ1) is 9.22. The average Bonchev–Trinajstić information content (AvgIpc) is 2.43. The van der Waals surface area contributed by atoms with Crippen LogP contribution in [0.3, 0.4) is 0 Å². The highest BCUT2D eigenvalue weighted by molar-refractivity contribution is 6.45. The Labute approximate surface area is 111 Å². The summed E-state index contributed by atoms with van der Waals surface area (Å²) in [6, 6.07) is 11.4. The van der Waals surface area contributed by atoms with E-state index in [0.717, 1.165) is 5.46 Å². The van der Waals surface area contributed by atoms with Crippen LogP contribution in [0, 0.1) is 5.82 Å². The Morgan fingerprint density at radius 3 is 2.37 bits per heavy atom. The van der Waals surface area contributed by atoms with Crippen molar-refractivity contribution in [1.29, 1.82) is 0 Å². The van der Waals surface area contributed by atoms with Crippen molar-refractivity contribution in [3.05, 3.63) is 48.3 Å². The summed E-state index contributed by atoms with van der Waals surface area (Å²) in [4.78, 5) is 0. The molecule has 0 spiro atoms. The molecule has 0 saturated heterocycles. The predicted molar refractivity (Wildman–Crippen MR) is 73.1 cm³/mol. The molecule has 5 heteroatoms. The molecule has 0 amide bonds. The molecule has 2 rings (SSSR count). The fourth-order valence-corrected chi connectivity index (χ4v) is 1.62. The second-order valence-electron chi connectivity index (χ2n) is 3.93. The van der Waals surface area contributed by atoms with Gasteiger partial charge in [0.2, 0.25) is 0 Å². The van der Waals surface area contributed by atoms with E-state index in [-0.39, 0.29) is 13.2 Å². The summed E-state index contributed by atoms with van der Waals surface area (Å²) >= 11 is 0. The van der Waals surface area contributed by atoms with Crippen molar-refractivity contribution in [2.75, 3.05) is 6.61 Å². The summed E-state index contributed by atoms with van der Waals surface area (Å²) < 4.78 is 24.2. The van der Waals surface area contributed by atoms with Crippen molar-refractivity contribution >= 4 is 12.9 Å². The monoisotopic (exact) mass is 260 g/mol. The number of ether oxygens (including phenoxy) is 2. The Hall–Kier alpha value is -2.01. The zero-order chi connectivity index (χ0) is 13.7. The van der Waals surface area contributed by atoms with Crippen LogP contribution in [-0.2, 0) is 0 Å². The summed E-state index contributed by atoms with van der Waals surface area (Å²) in [7, 11) is -0.0159. The fourth-order valence-electron chi connectivity index (χ4n) is 1.62. The van der Waals surface area contributed by atoms with Gasteiger partial charge >= 0.3 is 7.48 Å². The zero-order valence-electron chi connectivity index (χ0n) is 10.6. The van der Waals surface area contributed by atoms with E-state index in [1.165, 1.54) is 12.1 Å². The molecule has 0 fully saturated rings. The topological polar surface area (TPSA) is 38.7 Å². The minimum atomic E-state index is -0.452. The van der Waals surface area contributed by atoms with E-state index in [4.69, 9.17) is 14.5 Å². The molecule has 0 aliphatic rings. The van der Waals surface area contributed by atoms with Gasteiger partial charge in [0.25, 0.3) is 0 Å². The van der Waals surface area contributed by atoms with E-state index in [1.807, 2.05) is 0 Å². The second-order valence-corrected chi connectivity index (χ2v) is 3.93. The lowest BCUT2D eigenvalue weighted by Crippen LogP contribution is -2.11. The molecule has 1 N–H and O–H groups in total. The van der Waals surface area contributed by atoms with Gasteiger partial charge in [-0.1, -0.05) is 17.6 Å². The van der Waals surface area contributed by atoms with Crippen LogP contribution in [0.5, 0.6) is 17.2 Å². The van der Waals surface area contributed by atoms with Gasteiger partial charge in [-0.25, -0.2) is 4.39 Å². The first-order valence-corrected chi connectivity index (χ1v) is 6.03. The van der Waals surface area contributed by atoms with Gasteiger partial charge in [-0.15, -0.1) is 0 Å². The van der Waals surface area contributed by atoms with Crippen LogP contribution in [-0.4, -0.2) is 19.1 Å². The van der Waals surface area contributed by atoms with Gasteiger partial charge in [-0.05, 0) is 31.2 Å². The van der Waals surface area contributed by atoms with Crippen molar-refractivity contribution < 1.29 is 18.9 Å². The van der Waals surface area contributed by atoms with Crippen LogP contribution in [0.4, 0.5) is 4.39 Å². The van der Waals surface area contributed by atoms with Crippen LogP contribution in [0.25, 0.3) is 0 Å². The second kappa shape index (κ2) is 6.25. The Morgan fingerprint density at radius 1 is 1.11 bits per heavy atom. The third kappa shape index (κ3) is 3.48. The molecule has 19 heavy (non-hydrogen) atoms. The van der Waals surface area contributed by atoms with Crippen molar-refractivity contribution in [2.24, 2.45) is 0 Å². The van der Waals surface area contributed by atoms with E-state index < -0.39 is 5.82 Å². The Morgan fingerprint density at radius 2 is 1.79 bits per heavy atom. The molecular formula is C14H14BFO3. The number of hydrogen-bond donors (Lipinski definition) is 1. The van der Waals surface area contributed by atoms with Crippen molar-refractivity contribution in [3.63, 3.8) is 0 Å². The summed E-state index contributed by atoms with van der Waals surface area (Å²) in [5.41, 5.74) is 0.797. The van der Waals surface area contributed by atoms with Crippen LogP contribution < -0.4 is 14.9 Å². The van der Waals surface area contributed by atoms with E-state index >= 15 is 0 Å². The van der Waals surface area contributed by atoms with E-state index in [9.17, 15) is 4.39 Å². The molecule has 2 aromatic carbocycles. The maximum atomic E-state index is 13.6. The normalized spacial score (nSPS) is 10.1.